The number of unbranched alkanes of at least 4 members (excludes halogenated alkanes) is 1. The summed E-state index contributed by atoms with van der Waals surface area (Å²) in [5.41, 5.74) is 1.15. The van der Waals surface area contributed by atoms with Gasteiger partial charge in [0.1, 0.15) is 18.0 Å². The number of aliphatic hydroxyl groups is 1. The lowest BCUT2D eigenvalue weighted by atomic mass is 10.0. The highest BCUT2D eigenvalue weighted by molar-refractivity contribution is 5.60. The summed E-state index contributed by atoms with van der Waals surface area (Å²) in [5, 5.41) is 12.7. The van der Waals surface area contributed by atoms with Crippen molar-refractivity contribution >= 4 is 11.6 Å². The van der Waals surface area contributed by atoms with E-state index in [-0.39, 0.29) is 6.61 Å². The number of hydrogen-bond acceptors (Lipinski definition) is 5. The first-order chi connectivity index (χ1) is 10.2. The monoisotopic (exact) mass is 294 g/mol. The summed E-state index contributed by atoms with van der Waals surface area (Å²) in [6, 6.07) is 0. The summed E-state index contributed by atoms with van der Waals surface area (Å²) in [7, 11) is 0. The highest BCUT2D eigenvalue weighted by atomic mass is 16.3. The number of hydrogen-bond donors (Lipinski definition) is 2. The Balaban J connectivity index is 3.11. The zero-order chi connectivity index (χ0) is 15.7. The minimum atomic E-state index is 0.142. The molecule has 0 aromatic carbocycles. The SMILES string of the molecule is CCCCN(CCO)c1ncnc(NCCC)c1C(C)C. The molecule has 1 aromatic rings. The normalized spacial score (nSPS) is 11.0. The minimum absolute atomic E-state index is 0.142. The number of anilines is 2. The van der Waals surface area contributed by atoms with Gasteiger partial charge >= 0.3 is 0 Å². The topological polar surface area (TPSA) is 61.3 Å². The number of aromatic nitrogens is 2. The molecule has 5 nitrogen and oxygen atoms in total. The Morgan fingerprint density at radius 2 is 1.95 bits per heavy atom. The molecule has 0 bridgehead atoms. The van der Waals surface area contributed by atoms with Crippen LogP contribution in [-0.4, -0.2) is 41.3 Å². The summed E-state index contributed by atoms with van der Waals surface area (Å²) in [4.78, 5) is 11.1. The summed E-state index contributed by atoms with van der Waals surface area (Å²) < 4.78 is 0. The standard InChI is InChI=1S/C16H30N4O/c1-5-7-9-20(10-11-21)16-14(13(3)4)15(17-8-6-2)18-12-19-16/h12-13,21H,5-11H2,1-4H3,(H,17,18,19). The van der Waals surface area contributed by atoms with Crippen LogP contribution in [0.1, 0.15) is 58.4 Å². The van der Waals surface area contributed by atoms with Crippen LogP contribution in [0.3, 0.4) is 0 Å². The maximum absolute atomic E-state index is 9.34. The van der Waals surface area contributed by atoms with Gasteiger partial charge in [0.25, 0.3) is 0 Å². The van der Waals surface area contributed by atoms with Gasteiger partial charge in [-0.15, -0.1) is 0 Å². The molecular weight excluding hydrogens is 264 g/mol. The van der Waals surface area contributed by atoms with Crippen LogP contribution in [0.4, 0.5) is 11.6 Å². The van der Waals surface area contributed by atoms with Crippen molar-refractivity contribution in [3.63, 3.8) is 0 Å². The minimum Gasteiger partial charge on any atom is -0.395 e. The highest BCUT2D eigenvalue weighted by Crippen LogP contribution is 2.30. The first-order valence-corrected chi connectivity index (χ1v) is 8.10. The van der Waals surface area contributed by atoms with Crippen molar-refractivity contribution in [3.8, 4) is 0 Å². The Hall–Kier alpha value is -1.36. The van der Waals surface area contributed by atoms with Crippen LogP contribution in [0.25, 0.3) is 0 Å². The van der Waals surface area contributed by atoms with Crippen LogP contribution < -0.4 is 10.2 Å². The second-order valence-corrected chi connectivity index (χ2v) is 5.61. The predicted octanol–water partition coefficient (Wildman–Crippen LogP) is 3.02. The van der Waals surface area contributed by atoms with Crippen LogP contribution in [0.15, 0.2) is 6.33 Å². The Morgan fingerprint density at radius 3 is 2.52 bits per heavy atom. The molecule has 0 saturated carbocycles. The fraction of sp³-hybridized carbons (Fsp3) is 0.750. The smallest absolute Gasteiger partial charge is 0.137 e. The lowest BCUT2D eigenvalue weighted by Crippen LogP contribution is -2.30. The summed E-state index contributed by atoms with van der Waals surface area (Å²) in [6.45, 7) is 11.2. The van der Waals surface area contributed by atoms with Gasteiger partial charge in [-0.25, -0.2) is 9.97 Å². The van der Waals surface area contributed by atoms with Crippen molar-refractivity contribution in [3.05, 3.63) is 11.9 Å². The van der Waals surface area contributed by atoms with Gasteiger partial charge in [0, 0.05) is 25.2 Å². The van der Waals surface area contributed by atoms with Crippen molar-refractivity contribution in [2.24, 2.45) is 0 Å². The van der Waals surface area contributed by atoms with Gasteiger partial charge in [-0.3, -0.25) is 0 Å². The first kappa shape index (κ1) is 17.7. The molecule has 5 heteroatoms. The van der Waals surface area contributed by atoms with Gasteiger partial charge in [-0.2, -0.15) is 0 Å². The maximum atomic E-state index is 9.34. The fourth-order valence-electron chi connectivity index (χ4n) is 2.35. The number of nitrogens with zero attached hydrogens (tertiary/aromatic N) is 3. The average molecular weight is 294 g/mol. The fourth-order valence-corrected chi connectivity index (χ4v) is 2.35. The predicted molar refractivity (Wildman–Crippen MR) is 89.1 cm³/mol. The molecular formula is C16H30N4O. The van der Waals surface area contributed by atoms with Crippen LogP contribution in [0.5, 0.6) is 0 Å². The Labute approximate surface area is 128 Å². The van der Waals surface area contributed by atoms with Crippen LogP contribution in [0, 0.1) is 0 Å². The quantitative estimate of drug-likeness (QED) is 0.694. The van der Waals surface area contributed by atoms with E-state index in [1.165, 1.54) is 0 Å². The zero-order valence-electron chi connectivity index (χ0n) is 13.9. The number of nitrogens with one attached hydrogen (secondary N) is 1. The summed E-state index contributed by atoms with van der Waals surface area (Å²) >= 11 is 0. The number of aliphatic hydroxyl groups excluding tert-OH is 1. The van der Waals surface area contributed by atoms with E-state index in [9.17, 15) is 5.11 Å². The molecule has 0 aliphatic rings. The van der Waals surface area contributed by atoms with Gasteiger partial charge in [0.05, 0.1) is 6.61 Å². The second-order valence-electron chi connectivity index (χ2n) is 5.61. The Kier molecular flexibility index (Phi) is 8.05. The molecule has 0 aliphatic carbocycles. The molecule has 0 spiro atoms. The molecule has 0 unspecified atom stereocenters. The molecule has 0 radical (unpaired) electrons. The van der Waals surface area contributed by atoms with Gasteiger partial charge in [0.2, 0.25) is 0 Å². The van der Waals surface area contributed by atoms with E-state index < -0.39 is 0 Å². The molecule has 0 atom stereocenters. The van der Waals surface area contributed by atoms with E-state index in [1.807, 2.05) is 0 Å². The van der Waals surface area contributed by atoms with Gasteiger partial charge in [-0.05, 0) is 18.8 Å². The molecule has 21 heavy (non-hydrogen) atoms. The van der Waals surface area contributed by atoms with Gasteiger partial charge in [0.15, 0.2) is 0 Å². The summed E-state index contributed by atoms with van der Waals surface area (Å²) in [5.74, 6) is 2.22. The van der Waals surface area contributed by atoms with Crippen molar-refractivity contribution in [2.45, 2.75) is 52.9 Å². The van der Waals surface area contributed by atoms with E-state index in [4.69, 9.17) is 0 Å². The van der Waals surface area contributed by atoms with Crippen LogP contribution >= 0.6 is 0 Å². The Morgan fingerprint density at radius 1 is 1.19 bits per heavy atom. The molecule has 0 fully saturated rings. The molecule has 2 N–H and O–H groups in total. The van der Waals surface area contributed by atoms with E-state index in [0.29, 0.717) is 12.5 Å². The third kappa shape index (κ3) is 5.16. The lowest BCUT2D eigenvalue weighted by molar-refractivity contribution is 0.301. The van der Waals surface area contributed by atoms with Crippen molar-refractivity contribution < 1.29 is 5.11 Å². The molecule has 1 rings (SSSR count). The molecule has 120 valence electrons. The van der Waals surface area contributed by atoms with E-state index in [0.717, 1.165) is 49.6 Å². The largest absolute Gasteiger partial charge is 0.395 e. The third-order valence-corrected chi connectivity index (χ3v) is 3.43. The zero-order valence-corrected chi connectivity index (χ0v) is 13.9. The Bertz CT molecular complexity index is 409. The van der Waals surface area contributed by atoms with Gasteiger partial charge in [-0.1, -0.05) is 34.1 Å². The number of rotatable bonds is 10. The van der Waals surface area contributed by atoms with Gasteiger partial charge < -0.3 is 15.3 Å². The van der Waals surface area contributed by atoms with Crippen molar-refractivity contribution in [2.75, 3.05) is 36.5 Å². The molecule has 0 aliphatic heterocycles. The third-order valence-electron chi connectivity index (χ3n) is 3.43. The van der Waals surface area contributed by atoms with Crippen molar-refractivity contribution in [1.82, 2.24) is 9.97 Å². The van der Waals surface area contributed by atoms with E-state index in [2.05, 4.69) is 47.9 Å². The van der Waals surface area contributed by atoms with E-state index >= 15 is 0 Å². The second kappa shape index (κ2) is 9.55. The highest BCUT2D eigenvalue weighted by Gasteiger charge is 2.19. The first-order valence-electron chi connectivity index (χ1n) is 8.10. The average Bonchev–Trinajstić information content (AvgIpc) is 2.48. The van der Waals surface area contributed by atoms with Crippen LogP contribution in [-0.2, 0) is 0 Å². The van der Waals surface area contributed by atoms with Crippen molar-refractivity contribution in [1.29, 1.82) is 0 Å². The molecule has 0 amide bonds. The molecule has 1 heterocycles. The molecule has 0 saturated heterocycles. The molecule has 1 aromatic heterocycles. The summed E-state index contributed by atoms with van der Waals surface area (Å²) in [6.07, 6.45) is 4.91. The van der Waals surface area contributed by atoms with E-state index in [1.54, 1.807) is 6.33 Å². The lowest BCUT2D eigenvalue weighted by Gasteiger charge is -2.27. The van der Waals surface area contributed by atoms with Crippen LogP contribution in [0.2, 0.25) is 0 Å². The maximum Gasteiger partial charge on any atom is 0.137 e.